The highest BCUT2D eigenvalue weighted by Crippen LogP contribution is 2.23. The van der Waals surface area contributed by atoms with Crippen LogP contribution in [0.4, 0.5) is 0 Å². The molecule has 1 unspecified atom stereocenters. The Hall–Kier alpha value is -1.35. The first kappa shape index (κ1) is 11.1. The molecule has 1 atom stereocenters. The van der Waals surface area contributed by atoms with E-state index in [9.17, 15) is 4.79 Å². The van der Waals surface area contributed by atoms with Gasteiger partial charge in [-0.1, -0.05) is 12.1 Å². The highest BCUT2D eigenvalue weighted by atomic mass is 16.5. The first-order valence-corrected chi connectivity index (χ1v) is 5.79. The van der Waals surface area contributed by atoms with Crippen molar-refractivity contribution in [1.82, 2.24) is 5.32 Å². The highest BCUT2D eigenvalue weighted by Gasteiger charge is 2.17. The number of hydrogen-bond acceptors (Lipinski definition) is 3. The molecule has 0 aliphatic carbocycles. The molecule has 1 aromatic carbocycles. The summed E-state index contributed by atoms with van der Waals surface area (Å²) < 4.78 is 4.99. The van der Waals surface area contributed by atoms with E-state index >= 15 is 0 Å². The second-order valence-corrected chi connectivity index (χ2v) is 4.04. The van der Waals surface area contributed by atoms with Gasteiger partial charge in [0.25, 0.3) is 0 Å². The zero-order chi connectivity index (χ0) is 11.4. The lowest BCUT2D eigenvalue weighted by Crippen LogP contribution is -2.09. The van der Waals surface area contributed by atoms with Gasteiger partial charge in [-0.3, -0.25) is 0 Å². The number of carbonyl (C=O) groups is 1. The molecule has 1 aliphatic rings. The lowest BCUT2D eigenvalue weighted by Gasteiger charge is -2.10. The third-order valence-corrected chi connectivity index (χ3v) is 2.93. The molecule has 0 radical (unpaired) electrons. The minimum atomic E-state index is -0.227. The summed E-state index contributed by atoms with van der Waals surface area (Å²) in [6.45, 7) is 4.32. The van der Waals surface area contributed by atoms with Crippen molar-refractivity contribution in [2.24, 2.45) is 0 Å². The van der Waals surface area contributed by atoms with Crippen LogP contribution in [-0.4, -0.2) is 25.7 Å². The molecule has 2 rings (SSSR count). The molecule has 1 aliphatic heterocycles. The Bertz CT molecular complexity index is 370. The molecule has 1 heterocycles. The number of ether oxygens (including phenoxy) is 1. The van der Waals surface area contributed by atoms with Crippen molar-refractivity contribution in [2.45, 2.75) is 19.3 Å². The van der Waals surface area contributed by atoms with Crippen molar-refractivity contribution < 1.29 is 9.53 Å². The maximum Gasteiger partial charge on any atom is 0.338 e. The fourth-order valence-electron chi connectivity index (χ4n) is 2.07. The molecular formula is C13H17NO2. The van der Waals surface area contributed by atoms with Crippen molar-refractivity contribution >= 4 is 5.97 Å². The van der Waals surface area contributed by atoms with Gasteiger partial charge in [0.1, 0.15) is 0 Å². The van der Waals surface area contributed by atoms with Gasteiger partial charge in [-0.2, -0.15) is 0 Å². The predicted molar refractivity (Wildman–Crippen MR) is 62.6 cm³/mol. The van der Waals surface area contributed by atoms with Crippen molar-refractivity contribution in [1.29, 1.82) is 0 Å². The summed E-state index contributed by atoms with van der Waals surface area (Å²) in [4.78, 5) is 11.6. The zero-order valence-electron chi connectivity index (χ0n) is 9.53. The van der Waals surface area contributed by atoms with Gasteiger partial charge in [0, 0.05) is 6.54 Å². The summed E-state index contributed by atoms with van der Waals surface area (Å²) in [6, 6.07) is 7.78. The average molecular weight is 219 g/mol. The fourth-order valence-corrected chi connectivity index (χ4v) is 2.07. The summed E-state index contributed by atoms with van der Waals surface area (Å²) in [5, 5.41) is 3.33. The minimum Gasteiger partial charge on any atom is -0.462 e. The standard InChI is InChI=1S/C13H17NO2/c1-2-16-13(15)11-5-3-4-10(8-11)12-6-7-14-9-12/h3-5,8,12,14H,2,6-7,9H2,1H3. The molecule has 1 saturated heterocycles. The van der Waals surface area contributed by atoms with Crippen LogP contribution in [0.5, 0.6) is 0 Å². The smallest absolute Gasteiger partial charge is 0.338 e. The van der Waals surface area contributed by atoms with E-state index in [-0.39, 0.29) is 5.97 Å². The molecule has 3 heteroatoms. The van der Waals surface area contributed by atoms with Gasteiger partial charge in [0.05, 0.1) is 12.2 Å². The van der Waals surface area contributed by atoms with Crippen LogP contribution < -0.4 is 5.32 Å². The molecule has 0 bridgehead atoms. The molecule has 3 nitrogen and oxygen atoms in total. The van der Waals surface area contributed by atoms with Crippen molar-refractivity contribution in [3.05, 3.63) is 35.4 Å². The van der Waals surface area contributed by atoms with E-state index in [4.69, 9.17) is 4.74 Å². The first-order chi connectivity index (χ1) is 7.81. The van der Waals surface area contributed by atoms with Gasteiger partial charge >= 0.3 is 5.97 Å². The third kappa shape index (κ3) is 2.42. The van der Waals surface area contributed by atoms with Crippen molar-refractivity contribution in [3.8, 4) is 0 Å². The molecule has 0 aromatic heterocycles. The lowest BCUT2D eigenvalue weighted by atomic mass is 9.97. The lowest BCUT2D eigenvalue weighted by molar-refractivity contribution is 0.0526. The van der Waals surface area contributed by atoms with Gasteiger partial charge in [0.15, 0.2) is 0 Å². The van der Waals surface area contributed by atoms with Gasteiger partial charge in [-0.05, 0) is 43.5 Å². The van der Waals surface area contributed by atoms with Gasteiger partial charge < -0.3 is 10.1 Å². The summed E-state index contributed by atoms with van der Waals surface area (Å²) in [6.07, 6.45) is 1.15. The van der Waals surface area contributed by atoms with Crippen molar-refractivity contribution in [3.63, 3.8) is 0 Å². The SMILES string of the molecule is CCOC(=O)c1cccc(C2CCNC2)c1. The van der Waals surface area contributed by atoms with E-state index in [0.29, 0.717) is 18.1 Å². The second kappa shape index (κ2) is 5.12. The van der Waals surface area contributed by atoms with E-state index < -0.39 is 0 Å². The Labute approximate surface area is 95.8 Å². The van der Waals surface area contributed by atoms with E-state index in [0.717, 1.165) is 19.5 Å². The van der Waals surface area contributed by atoms with Gasteiger partial charge in [-0.15, -0.1) is 0 Å². The Morgan fingerprint density at radius 1 is 1.56 bits per heavy atom. The number of esters is 1. The first-order valence-electron chi connectivity index (χ1n) is 5.79. The fraction of sp³-hybridized carbons (Fsp3) is 0.462. The average Bonchev–Trinajstić information content (AvgIpc) is 2.83. The Balaban J connectivity index is 2.15. The Morgan fingerprint density at radius 3 is 3.12 bits per heavy atom. The van der Waals surface area contributed by atoms with Crippen LogP contribution in [0.3, 0.4) is 0 Å². The predicted octanol–water partition coefficient (Wildman–Crippen LogP) is 1.94. The number of nitrogens with one attached hydrogen (secondary N) is 1. The summed E-state index contributed by atoms with van der Waals surface area (Å²) in [5.74, 6) is 0.310. The maximum absolute atomic E-state index is 11.6. The van der Waals surface area contributed by atoms with Crippen LogP contribution in [0, 0.1) is 0 Å². The van der Waals surface area contributed by atoms with Crippen LogP contribution in [0.15, 0.2) is 24.3 Å². The normalized spacial score (nSPS) is 19.7. The van der Waals surface area contributed by atoms with Gasteiger partial charge in [0.2, 0.25) is 0 Å². The molecule has 86 valence electrons. The summed E-state index contributed by atoms with van der Waals surface area (Å²) in [5.41, 5.74) is 1.89. The van der Waals surface area contributed by atoms with Crippen molar-refractivity contribution in [2.75, 3.05) is 19.7 Å². The number of carbonyl (C=O) groups excluding carboxylic acids is 1. The quantitative estimate of drug-likeness (QED) is 0.789. The highest BCUT2D eigenvalue weighted by molar-refractivity contribution is 5.89. The number of rotatable bonds is 3. The molecular weight excluding hydrogens is 202 g/mol. The molecule has 0 spiro atoms. The summed E-state index contributed by atoms with van der Waals surface area (Å²) in [7, 11) is 0. The molecule has 1 N–H and O–H groups in total. The van der Waals surface area contributed by atoms with E-state index in [1.165, 1.54) is 5.56 Å². The third-order valence-electron chi connectivity index (χ3n) is 2.93. The van der Waals surface area contributed by atoms with Crippen LogP contribution in [-0.2, 0) is 4.74 Å². The van der Waals surface area contributed by atoms with E-state index in [2.05, 4.69) is 11.4 Å². The largest absolute Gasteiger partial charge is 0.462 e. The molecule has 1 aromatic rings. The molecule has 1 fully saturated rings. The maximum atomic E-state index is 11.6. The summed E-state index contributed by atoms with van der Waals surface area (Å²) >= 11 is 0. The van der Waals surface area contributed by atoms with Crippen LogP contribution in [0.25, 0.3) is 0 Å². The van der Waals surface area contributed by atoms with Crippen LogP contribution in [0.2, 0.25) is 0 Å². The Morgan fingerprint density at radius 2 is 2.44 bits per heavy atom. The minimum absolute atomic E-state index is 0.227. The Kier molecular flexibility index (Phi) is 3.57. The molecule has 0 amide bonds. The number of benzene rings is 1. The second-order valence-electron chi connectivity index (χ2n) is 4.04. The molecule has 0 saturated carbocycles. The molecule has 16 heavy (non-hydrogen) atoms. The van der Waals surface area contributed by atoms with E-state index in [1.54, 1.807) is 0 Å². The topological polar surface area (TPSA) is 38.3 Å². The monoisotopic (exact) mass is 219 g/mol. The van der Waals surface area contributed by atoms with Gasteiger partial charge in [-0.25, -0.2) is 4.79 Å². The number of hydrogen-bond donors (Lipinski definition) is 1. The van der Waals surface area contributed by atoms with Crippen LogP contribution >= 0.6 is 0 Å². The zero-order valence-corrected chi connectivity index (χ0v) is 9.53. The van der Waals surface area contributed by atoms with Crippen LogP contribution in [0.1, 0.15) is 35.2 Å². The van der Waals surface area contributed by atoms with E-state index in [1.807, 2.05) is 25.1 Å².